The second-order valence-electron chi connectivity index (χ2n) is 7.24. The van der Waals surface area contributed by atoms with Crippen molar-refractivity contribution in [1.29, 1.82) is 0 Å². The van der Waals surface area contributed by atoms with Crippen LogP contribution in [0.2, 0.25) is 0 Å². The number of carbonyl (C=O) groups excluding carboxylic acids is 1. The predicted molar refractivity (Wildman–Crippen MR) is 96.5 cm³/mol. The highest BCUT2D eigenvalue weighted by Crippen LogP contribution is 2.31. The molecule has 8 heteroatoms. The van der Waals surface area contributed by atoms with Gasteiger partial charge in [-0.15, -0.1) is 4.40 Å². The van der Waals surface area contributed by atoms with E-state index in [9.17, 15) is 13.2 Å². The summed E-state index contributed by atoms with van der Waals surface area (Å²) < 4.78 is 34.4. The summed E-state index contributed by atoms with van der Waals surface area (Å²) in [5.41, 5.74) is 0.593. The number of nitrogens with zero attached hydrogens (tertiary/aromatic N) is 3. The van der Waals surface area contributed by atoms with E-state index in [-0.39, 0.29) is 29.1 Å². The summed E-state index contributed by atoms with van der Waals surface area (Å²) in [6.45, 7) is 5.69. The van der Waals surface area contributed by atoms with Crippen LogP contribution in [-0.4, -0.2) is 67.8 Å². The highest BCUT2D eigenvalue weighted by atomic mass is 32.2. The van der Waals surface area contributed by atoms with E-state index in [1.165, 1.54) is 0 Å². The van der Waals surface area contributed by atoms with E-state index < -0.39 is 10.0 Å². The van der Waals surface area contributed by atoms with Crippen LogP contribution in [0.15, 0.2) is 33.6 Å². The van der Waals surface area contributed by atoms with Crippen molar-refractivity contribution in [3.05, 3.63) is 29.8 Å². The van der Waals surface area contributed by atoms with Crippen molar-refractivity contribution < 1.29 is 17.9 Å². The summed E-state index contributed by atoms with van der Waals surface area (Å²) in [6, 6.07) is 6.45. The molecule has 0 N–H and O–H groups in total. The van der Waals surface area contributed by atoms with Crippen molar-refractivity contribution >= 4 is 21.8 Å². The average Bonchev–Trinajstić information content (AvgIpc) is 3.16. The number of fused-ring (bicyclic) bond motifs is 1. The molecule has 0 saturated carbocycles. The second-order valence-corrected chi connectivity index (χ2v) is 8.81. The minimum absolute atomic E-state index is 0.00229. The maximum absolute atomic E-state index is 13.2. The summed E-state index contributed by atoms with van der Waals surface area (Å²) in [7, 11) is -3.68. The molecule has 2 saturated heterocycles. The largest absolute Gasteiger partial charge is 0.372 e. The first-order chi connectivity index (χ1) is 12.4. The first kappa shape index (κ1) is 17.5. The van der Waals surface area contributed by atoms with E-state index >= 15 is 0 Å². The molecule has 1 aromatic carbocycles. The molecule has 3 aliphatic heterocycles. The van der Waals surface area contributed by atoms with Crippen LogP contribution >= 0.6 is 0 Å². The molecule has 0 aliphatic carbocycles. The van der Waals surface area contributed by atoms with Crippen molar-refractivity contribution in [3.8, 4) is 0 Å². The Hall–Kier alpha value is -1.93. The number of morpholine rings is 1. The van der Waals surface area contributed by atoms with Crippen molar-refractivity contribution in [3.63, 3.8) is 0 Å². The van der Waals surface area contributed by atoms with Gasteiger partial charge in [-0.3, -0.25) is 4.79 Å². The lowest BCUT2D eigenvalue weighted by Gasteiger charge is -2.38. The Morgan fingerprint density at radius 2 is 1.88 bits per heavy atom. The lowest BCUT2D eigenvalue weighted by atomic mass is 10.1. The third-order valence-electron chi connectivity index (χ3n) is 5.15. The Morgan fingerprint density at radius 1 is 1.19 bits per heavy atom. The normalized spacial score (nSPS) is 30.2. The molecule has 1 amide bonds. The number of amidine groups is 1. The molecule has 7 nitrogen and oxygen atoms in total. The van der Waals surface area contributed by atoms with Crippen LogP contribution in [0.3, 0.4) is 0 Å². The predicted octanol–water partition coefficient (Wildman–Crippen LogP) is 1.24. The maximum atomic E-state index is 13.2. The van der Waals surface area contributed by atoms with Gasteiger partial charge in [0.2, 0.25) is 5.91 Å². The third-order valence-corrected chi connectivity index (χ3v) is 6.48. The Labute approximate surface area is 153 Å². The van der Waals surface area contributed by atoms with Crippen LogP contribution in [0.5, 0.6) is 0 Å². The van der Waals surface area contributed by atoms with Gasteiger partial charge in [0, 0.05) is 25.2 Å². The minimum atomic E-state index is -3.68. The molecule has 2 unspecified atom stereocenters. The van der Waals surface area contributed by atoms with E-state index in [4.69, 9.17) is 4.74 Å². The Balaban J connectivity index is 1.63. The fourth-order valence-corrected chi connectivity index (χ4v) is 5.36. The summed E-state index contributed by atoms with van der Waals surface area (Å²) in [4.78, 5) is 17.1. The van der Waals surface area contributed by atoms with Crippen LogP contribution in [0.25, 0.3) is 0 Å². The van der Waals surface area contributed by atoms with Gasteiger partial charge in [-0.1, -0.05) is 12.1 Å². The Bertz CT molecular complexity index is 857. The van der Waals surface area contributed by atoms with Gasteiger partial charge in [0.05, 0.1) is 12.2 Å². The molecule has 0 spiro atoms. The third kappa shape index (κ3) is 2.91. The number of carbonyl (C=O) groups is 1. The molecule has 0 bridgehead atoms. The van der Waals surface area contributed by atoms with Crippen molar-refractivity contribution in [2.75, 3.05) is 19.6 Å². The van der Waals surface area contributed by atoms with Gasteiger partial charge in [-0.25, -0.2) is 0 Å². The topological polar surface area (TPSA) is 79.3 Å². The number of hydrogen-bond acceptors (Lipinski definition) is 5. The van der Waals surface area contributed by atoms with E-state index in [1.807, 2.05) is 23.6 Å². The van der Waals surface area contributed by atoms with Gasteiger partial charge in [0.1, 0.15) is 10.9 Å². The van der Waals surface area contributed by atoms with Crippen LogP contribution in [0, 0.1) is 0 Å². The Kier molecular flexibility index (Phi) is 4.27. The summed E-state index contributed by atoms with van der Waals surface area (Å²) in [5, 5.41) is 0. The highest BCUT2D eigenvalue weighted by molar-refractivity contribution is 7.90. The van der Waals surface area contributed by atoms with Gasteiger partial charge in [-0.2, -0.15) is 8.42 Å². The van der Waals surface area contributed by atoms with Crippen LogP contribution in [-0.2, 0) is 19.6 Å². The zero-order valence-electron chi connectivity index (χ0n) is 15.0. The van der Waals surface area contributed by atoms with Gasteiger partial charge >= 0.3 is 0 Å². The van der Waals surface area contributed by atoms with Crippen LogP contribution in [0.4, 0.5) is 0 Å². The number of likely N-dealkylation sites (tertiary alicyclic amines) is 1. The molecule has 0 radical (unpaired) electrons. The van der Waals surface area contributed by atoms with Crippen molar-refractivity contribution in [2.45, 2.75) is 49.8 Å². The molecule has 3 heterocycles. The van der Waals surface area contributed by atoms with Crippen LogP contribution < -0.4 is 0 Å². The number of amides is 1. The number of ether oxygens (including phenoxy) is 1. The molecular weight excluding hydrogens is 354 g/mol. The monoisotopic (exact) mass is 377 g/mol. The van der Waals surface area contributed by atoms with E-state index in [1.54, 1.807) is 24.3 Å². The first-order valence-corrected chi connectivity index (χ1v) is 10.5. The average molecular weight is 377 g/mol. The lowest BCUT2D eigenvalue weighted by molar-refractivity contribution is -0.146. The first-order valence-electron chi connectivity index (χ1n) is 9.02. The molecule has 1 aromatic rings. The minimum Gasteiger partial charge on any atom is -0.372 e. The van der Waals surface area contributed by atoms with Gasteiger partial charge in [-0.05, 0) is 38.8 Å². The van der Waals surface area contributed by atoms with Crippen LogP contribution in [0.1, 0.15) is 32.3 Å². The molecule has 26 heavy (non-hydrogen) atoms. The quantitative estimate of drug-likeness (QED) is 0.736. The van der Waals surface area contributed by atoms with Crippen molar-refractivity contribution in [2.24, 2.45) is 4.40 Å². The SMILES string of the molecule is CC1CN(C(=O)[C@@H]2CCCN2C2=NS(=O)(=O)c3ccccc32)CC(C)O1. The Morgan fingerprint density at radius 3 is 2.62 bits per heavy atom. The zero-order chi connectivity index (χ0) is 18.5. The summed E-state index contributed by atoms with van der Waals surface area (Å²) in [5.74, 6) is 0.444. The van der Waals surface area contributed by atoms with Gasteiger partial charge in [0.25, 0.3) is 10.0 Å². The number of benzene rings is 1. The fourth-order valence-electron chi connectivity index (χ4n) is 4.14. The molecule has 3 atom stereocenters. The van der Waals surface area contributed by atoms with Gasteiger partial charge < -0.3 is 14.5 Å². The number of sulfonamides is 1. The number of rotatable bonds is 1. The second kappa shape index (κ2) is 6.35. The van der Waals surface area contributed by atoms with E-state index in [0.29, 0.717) is 37.5 Å². The summed E-state index contributed by atoms with van der Waals surface area (Å²) >= 11 is 0. The molecule has 140 valence electrons. The lowest BCUT2D eigenvalue weighted by Crippen LogP contribution is -2.54. The molecule has 2 fully saturated rings. The fraction of sp³-hybridized carbons (Fsp3) is 0.556. The molecule has 3 aliphatic rings. The smallest absolute Gasteiger partial charge is 0.285 e. The zero-order valence-corrected chi connectivity index (χ0v) is 15.8. The maximum Gasteiger partial charge on any atom is 0.285 e. The summed E-state index contributed by atoms with van der Waals surface area (Å²) in [6.07, 6.45) is 1.55. The number of hydrogen-bond donors (Lipinski definition) is 0. The molecular formula is C18H23N3O4S. The van der Waals surface area contributed by atoms with Gasteiger partial charge in [0.15, 0.2) is 5.84 Å². The molecule has 0 aromatic heterocycles. The van der Waals surface area contributed by atoms with E-state index in [2.05, 4.69) is 4.40 Å². The van der Waals surface area contributed by atoms with E-state index in [0.717, 1.165) is 6.42 Å². The van der Waals surface area contributed by atoms with Crippen molar-refractivity contribution in [1.82, 2.24) is 9.80 Å². The highest BCUT2D eigenvalue weighted by Gasteiger charge is 2.41. The molecule has 4 rings (SSSR count). The standard InChI is InChI=1S/C18H23N3O4S/c1-12-10-20(11-13(2)25-12)18(22)15-7-5-9-21(15)17-14-6-3-4-8-16(14)26(23,24)19-17/h3-4,6,8,12-13,15H,5,7,9-11H2,1-2H3/t12?,13?,15-/m0/s1.